The highest BCUT2D eigenvalue weighted by molar-refractivity contribution is 5.67. The third-order valence-corrected chi connectivity index (χ3v) is 3.52. The summed E-state index contributed by atoms with van der Waals surface area (Å²) in [4.78, 5) is 4.82. The summed E-state index contributed by atoms with van der Waals surface area (Å²) in [5, 5.41) is 0. The molecule has 2 aromatic rings. The van der Waals surface area contributed by atoms with E-state index in [9.17, 15) is 0 Å². The van der Waals surface area contributed by atoms with E-state index in [1.54, 1.807) is 0 Å². The Morgan fingerprint density at radius 3 is 2.10 bits per heavy atom. The molecule has 1 aromatic heterocycles. The van der Waals surface area contributed by atoms with Gasteiger partial charge < -0.3 is 4.57 Å². The largest absolute Gasteiger partial charge is 0.331 e. The Kier molecular flexibility index (Phi) is 4.43. The third kappa shape index (κ3) is 3.01. The van der Waals surface area contributed by atoms with Gasteiger partial charge in [0.15, 0.2) is 0 Å². The molecule has 0 spiro atoms. The number of hydrogen-bond acceptors (Lipinski definition) is 1. The van der Waals surface area contributed by atoms with Gasteiger partial charge >= 0.3 is 0 Å². The van der Waals surface area contributed by atoms with Crippen molar-refractivity contribution in [3.63, 3.8) is 0 Å². The smallest absolute Gasteiger partial charge is 0.132 e. The summed E-state index contributed by atoms with van der Waals surface area (Å²) in [6.07, 6.45) is 4.23. The minimum Gasteiger partial charge on any atom is -0.331 e. The van der Waals surface area contributed by atoms with Crippen LogP contribution in [0.3, 0.4) is 0 Å². The van der Waals surface area contributed by atoms with E-state index < -0.39 is 0 Å². The molecule has 0 aliphatic rings. The average Bonchev–Trinajstić information content (AvgIpc) is 2.75. The van der Waals surface area contributed by atoms with Crippen molar-refractivity contribution in [3.05, 3.63) is 53.1 Å². The Morgan fingerprint density at radius 1 is 0.950 bits per heavy atom. The first kappa shape index (κ1) is 14.6. The monoisotopic (exact) mass is 268 g/mol. The summed E-state index contributed by atoms with van der Waals surface area (Å²) in [5.74, 6) is 1.97. The van der Waals surface area contributed by atoms with Crippen molar-refractivity contribution in [1.82, 2.24) is 9.55 Å². The lowest BCUT2D eigenvalue weighted by Gasteiger charge is -2.11. The van der Waals surface area contributed by atoms with Crippen LogP contribution >= 0.6 is 0 Å². The van der Waals surface area contributed by atoms with Gasteiger partial charge in [-0.05, 0) is 23.5 Å². The zero-order valence-electron chi connectivity index (χ0n) is 13.1. The number of aromatic nitrogens is 2. The van der Waals surface area contributed by atoms with Crippen molar-refractivity contribution in [2.75, 3.05) is 0 Å². The summed E-state index contributed by atoms with van der Waals surface area (Å²) >= 11 is 0. The molecule has 0 saturated heterocycles. The molecule has 0 aliphatic carbocycles. The summed E-state index contributed by atoms with van der Waals surface area (Å²) < 4.78 is 2.22. The molecular weight excluding hydrogens is 244 g/mol. The SMILES string of the molecule is CC(C)c1nc(/C=C/c2ccccc2)n(C)c1C(C)C. The molecule has 106 valence electrons. The molecule has 20 heavy (non-hydrogen) atoms. The molecule has 2 nitrogen and oxygen atoms in total. The van der Waals surface area contributed by atoms with E-state index in [0.29, 0.717) is 11.8 Å². The van der Waals surface area contributed by atoms with Crippen molar-refractivity contribution in [3.8, 4) is 0 Å². The minimum absolute atomic E-state index is 0.456. The maximum absolute atomic E-state index is 4.82. The highest BCUT2D eigenvalue weighted by Crippen LogP contribution is 2.26. The second-order valence-electron chi connectivity index (χ2n) is 5.85. The van der Waals surface area contributed by atoms with Crippen LogP contribution in [0, 0.1) is 0 Å². The van der Waals surface area contributed by atoms with Gasteiger partial charge in [-0.25, -0.2) is 4.98 Å². The van der Waals surface area contributed by atoms with Crippen LogP contribution in [-0.4, -0.2) is 9.55 Å². The second-order valence-corrected chi connectivity index (χ2v) is 5.85. The third-order valence-electron chi connectivity index (χ3n) is 3.52. The lowest BCUT2D eigenvalue weighted by molar-refractivity contribution is 0.706. The Labute approximate surface area is 122 Å². The molecule has 2 heteroatoms. The fraction of sp³-hybridized carbons (Fsp3) is 0.389. The second kappa shape index (κ2) is 6.08. The van der Waals surface area contributed by atoms with Crippen molar-refractivity contribution >= 4 is 12.2 Å². The molecule has 0 saturated carbocycles. The van der Waals surface area contributed by atoms with Crippen LogP contribution in [0.5, 0.6) is 0 Å². The number of rotatable bonds is 4. The van der Waals surface area contributed by atoms with Gasteiger partial charge in [0.1, 0.15) is 5.82 Å². The van der Waals surface area contributed by atoms with E-state index >= 15 is 0 Å². The lowest BCUT2D eigenvalue weighted by Crippen LogP contribution is -2.03. The maximum atomic E-state index is 4.82. The quantitative estimate of drug-likeness (QED) is 0.776. The fourth-order valence-electron chi connectivity index (χ4n) is 2.54. The van der Waals surface area contributed by atoms with Crippen molar-refractivity contribution < 1.29 is 0 Å². The normalized spacial score (nSPS) is 11.9. The van der Waals surface area contributed by atoms with Crippen LogP contribution < -0.4 is 0 Å². The Bertz CT molecular complexity index is 589. The van der Waals surface area contributed by atoms with E-state index in [2.05, 4.69) is 75.7 Å². The predicted molar refractivity (Wildman–Crippen MR) is 86.8 cm³/mol. The first-order valence-corrected chi connectivity index (χ1v) is 7.30. The molecule has 0 radical (unpaired) electrons. The van der Waals surface area contributed by atoms with E-state index in [1.165, 1.54) is 17.0 Å². The van der Waals surface area contributed by atoms with Crippen LogP contribution in [0.25, 0.3) is 12.2 Å². The van der Waals surface area contributed by atoms with E-state index in [-0.39, 0.29) is 0 Å². The van der Waals surface area contributed by atoms with Gasteiger partial charge in [-0.1, -0.05) is 64.1 Å². The molecule has 0 aliphatic heterocycles. The van der Waals surface area contributed by atoms with Crippen molar-refractivity contribution in [2.24, 2.45) is 7.05 Å². The Balaban J connectivity index is 2.38. The first-order chi connectivity index (χ1) is 9.50. The van der Waals surface area contributed by atoms with Gasteiger partial charge in [-0.3, -0.25) is 0 Å². The number of imidazole rings is 1. The first-order valence-electron chi connectivity index (χ1n) is 7.30. The minimum atomic E-state index is 0.456. The zero-order chi connectivity index (χ0) is 14.7. The summed E-state index contributed by atoms with van der Waals surface area (Å²) in [7, 11) is 2.11. The van der Waals surface area contributed by atoms with Gasteiger partial charge in [0.2, 0.25) is 0 Å². The van der Waals surface area contributed by atoms with Gasteiger partial charge in [0, 0.05) is 12.7 Å². The highest BCUT2D eigenvalue weighted by Gasteiger charge is 2.18. The molecular formula is C18H24N2. The maximum Gasteiger partial charge on any atom is 0.132 e. The van der Waals surface area contributed by atoms with Gasteiger partial charge in [-0.15, -0.1) is 0 Å². The lowest BCUT2D eigenvalue weighted by atomic mass is 10.0. The topological polar surface area (TPSA) is 17.8 Å². The fourth-order valence-corrected chi connectivity index (χ4v) is 2.54. The number of hydrogen-bond donors (Lipinski definition) is 0. The van der Waals surface area contributed by atoms with Crippen molar-refractivity contribution in [1.29, 1.82) is 0 Å². The molecule has 1 aromatic carbocycles. The molecule has 0 amide bonds. The number of nitrogens with zero attached hydrogens (tertiary/aromatic N) is 2. The van der Waals surface area contributed by atoms with Crippen LogP contribution in [-0.2, 0) is 7.05 Å². The highest BCUT2D eigenvalue weighted by atomic mass is 15.1. The van der Waals surface area contributed by atoms with E-state index in [0.717, 1.165) is 5.82 Å². The number of benzene rings is 1. The zero-order valence-corrected chi connectivity index (χ0v) is 13.1. The molecule has 0 atom stereocenters. The Morgan fingerprint density at radius 2 is 1.60 bits per heavy atom. The van der Waals surface area contributed by atoms with Crippen LogP contribution in [0.15, 0.2) is 30.3 Å². The summed E-state index contributed by atoms with van der Waals surface area (Å²) in [6, 6.07) is 10.3. The molecule has 0 N–H and O–H groups in total. The Hall–Kier alpha value is -1.83. The summed E-state index contributed by atoms with van der Waals surface area (Å²) in [5.41, 5.74) is 3.76. The van der Waals surface area contributed by atoms with Crippen molar-refractivity contribution in [2.45, 2.75) is 39.5 Å². The summed E-state index contributed by atoms with van der Waals surface area (Å²) in [6.45, 7) is 8.87. The van der Waals surface area contributed by atoms with Gasteiger partial charge in [-0.2, -0.15) is 0 Å². The molecule has 2 rings (SSSR count). The van der Waals surface area contributed by atoms with Crippen LogP contribution in [0.4, 0.5) is 0 Å². The predicted octanol–water partition coefficient (Wildman–Crippen LogP) is 4.84. The van der Waals surface area contributed by atoms with Gasteiger partial charge in [0.25, 0.3) is 0 Å². The van der Waals surface area contributed by atoms with E-state index in [1.807, 2.05) is 6.07 Å². The van der Waals surface area contributed by atoms with Crippen LogP contribution in [0.1, 0.15) is 62.3 Å². The standard InChI is InChI=1S/C18H24N2/c1-13(2)17-18(14(3)4)20(5)16(19-17)12-11-15-9-7-6-8-10-15/h6-14H,1-5H3/b12-11+. The average molecular weight is 268 g/mol. The molecule has 0 unspecified atom stereocenters. The molecule has 1 heterocycles. The molecule has 0 bridgehead atoms. The molecule has 0 fully saturated rings. The van der Waals surface area contributed by atoms with Crippen LogP contribution in [0.2, 0.25) is 0 Å². The van der Waals surface area contributed by atoms with E-state index in [4.69, 9.17) is 4.98 Å². The van der Waals surface area contributed by atoms with Gasteiger partial charge in [0.05, 0.1) is 5.69 Å².